The second-order valence-electron chi connectivity index (χ2n) is 13.2. The molecule has 0 aliphatic carbocycles. The summed E-state index contributed by atoms with van der Waals surface area (Å²) >= 11 is 0. The Morgan fingerprint density at radius 3 is 1.84 bits per heavy atom. The van der Waals surface area contributed by atoms with Crippen molar-refractivity contribution >= 4 is 13.7 Å². The third kappa shape index (κ3) is 33.9. The summed E-state index contributed by atoms with van der Waals surface area (Å²) in [5, 5.41) is 13.6. The van der Waals surface area contributed by atoms with Gasteiger partial charge in [-0.05, 0) is 70.6 Å². The maximum absolute atomic E-state index is 12.7. The molecule has 49 heavy (non-hydrogen) atoms. The number of carbonyl (C=O) groups is 1. The maximum Gasteiger partial charge on any atom is 0.268 e. The minimum Gasteiger partial charge on any atom is -0.756 e. The first-order valence-corrected chi connectivity index (χ1v) is 19.9. The molecule has 0 bridgehead atoms. The summed E-state index contributed by atoms with van der Waals surface area (Å²) in [6.45, 7) is 4.37. The first-order valence-electron chi connectivity index (χ1n) is 18.4. The van der Waals surface area contributed by atoms with Gasteiger partial charge in [-0.2, -0.15) is 0 Å². The lowest BCUT2D eigenvalue weighted by Crippen LogP contribution is -2.45. The summed E-state index contributed by atoms with van der Waals surface area (Å²) in [7, 11) is 1.17. The minimum atomic E-state index is -4.61. The SMILES string of the molecule is CC/C=C\C/C=C\C/C=C\C/C=C\CCC(=O)NC(COP(=O)([O-])OCC[N+](C)(C)C)C(O)/C=C/CC/C=C/CC/C=C/CCCCCC. The number of aliphatic hydroxyl groups excluding tert-OH is 1. The van der Waals surface area contributed by atoms with Crippen molar-refractivity contribution in [1.29, 1.82) is 0 Å². The number of nitrogens with zero attached hydrogens (tertiary/aromatic N) is 1. The highest BCUT2D eigenvalue weighted by molar-refractivity contribution is 7.45. The highest BCUT2D eigenvalue weighted by Crippen LogP contribution is 2.38. The summed E-state index contributed by atoms with van der Waals surface area (Å²) in [6, 6.07) is -0.949. The number of aliphatic hydroxyl groups is 1. The number of hydrogen-bond donors (Lipinski definition) is 2. The molecule has 3 atom stereocenters. The van der Waals surface area contributed by atoms with Crippen LogP contribution in [0, 0.1) is 0 Å². The molecule has 8 nitrogen and oxygen atoms in total. The van der Waals surface area contributed by atoms with E-state index in [0.717, 1.165) is 51.4 Å². The second kappa shape index (κ2) is 31.6. The van der Waals surface area contributed by atoms with Crippen LogP contribution in [0.4, 0.5) is 0 Å². The molecule has 0 heterocycles. The number of unbranched alkanes of at least 4 members (excludes halogenated alkanes) is 6. The van der Waals surface area contributed by atoms with E-state index in [9.17, 15) is 19.4 Å². The quantitative estimate of drug-likeness (QED) is 0.0323. The van der Waals surface area contributed by atoms with Crippen molar-refractivity contribution < 1.29 is 32.9 Å². The molecule has 0 aliphatic rings. The first kappa shape index (κ1) is 46.7. The second-order valence-corrected chi connectivity index (χ2v) is 14.6. The summed E-state index contributed by atoms with van der Waals surface area (Å²) in [5.74, 6) is -0.298. The molecule has 0 radical (unpaired) electrons. The van der Waals surface area contributed by atoms with Gasteiger partial charge in [0.25, 0.3) is 7.82 Å². The number of carbonyl (C=O) groups excluding carboxylic acids is 1. The van der Waals surface area contributed by atoms with E-state index >= 15 is 0 Å². The van der Waals surface area contributed by atoms with Crippen LogP contribution in [0.25, 0.3) is 0 Å². The number of quaternary nitrogens is 1. The predicted molar refractivity (Wildman–Crippen MR) is 205 cm³/mol. The van der Waals surface area contributed by atoms with Crippen LogP contribution >= 0.6 is 7.82 Å². The third-order valence-electron chi connectivity index (χ3n) is 7.33. The molecule has 0 saturated carbocycles. The highest BCUT2D eigenvalue weighted by Gasteiger charge is 2.23. The fraction of sp³-hybridized carbons (Fsp3) is 0.625. The van der Waals surface area contributed by atoms with Gasteiger partial charge in [0.05, 0.1) is 39.9 Å². The van der Waals surface area contributed by atoms with E-state index in [4.69, 9.17) is 9.05 Å². The molecule has 0 saturated heterocycles. The normalized spacial score (nSPS) is 15.7. The lowest BCUT2D eigenvalue weighted by atomic mass is 10.1. The molecule has 0 spiro atoms. The van der Waals surface area contributed by atoms with Gasteiger partial charge in [0, 0.05) is 6.42 Å². The standard InChI is InChI=1S/C40H69N2O6P/c1-6-8-10-12-14-16-18-20-22-23-25-27-29-31-33-39(43)38(37-48-49(45,46)47-36-35-42(3,4)5)41-40(44)34-32-30-28-26-24-21-19-17-15-13-11-9-7-2/h9,11,15-18,21,23-25,28,30-31,33,38-39,43H,6-8,10,12-14,19-20,22,26-27,29,32,34-37H2,1-5H3,(H-,41,44,45,46)/b11-9-,17-15-,18-16+,24-21-,25-23+,30-28-,33-31+. The van der Waals surface area contributed by atoms with E-state index in [1.54, 1.807) is 6.08 Å². The number of likely N-dealkylation sites (N-methyl/N-ethyl adjacent to an activating group) is 1. The summed E-state index contributed by atoms with van der Waals surface area (Å²) in [4.78, 5) is 25.1. The fourth-order valence-electron chi connectivity index (χ4n) is 4.37. The number of amides is 1. The van der Waals surface area contributed by atoms with Crippen molar-refractivity contribution in [3.05, 3.63) is 85.1 Å². The lowest BCUT2D eigenvalue weighted by molar-refractivity contribution is -0.870. The molecule has 3 unspecified atom stereocenters. The van der Waals surface area contributed by atoms with Gasteiger partial charge in [0.2, 0.25) is 5.91 Å². The Kier molecular flexibility index (Phi) is 30.1. The van der Waals surface area contributed by atoms with Gasteiger partial charge in [0.15, 0.2) is 0 Å². The predicted octanol–water partition coefficient (Wildman–Crippen LogP) is 8.82. The van der Waals surface area contributed by atoms with Crippen LogP contribution in [0.2, 0.25) is 0 Å². The maximum atomic E-state index is 12.7. The van der Waals surface area contributed by atoms with Crippen molar-refractivity contribution in [3.63, 3.8) is 0 Å². The van der Waals surface area contributed by atoms with Crippen LogP contribution < -0.4 is 10.2 Å². The Balaban J connectivity index is 4.80. The van der Waals surface area contributed by atoms with E-state index in [1.165, 1.54) is 25.7 Å². The van der Waals surface area contributed by atoms with Crippen LogP contribution in [0.3, 0.4) is 0 Å². The van der Waals surface area contributed by atoms with Crippen molar-refractivity contribution in [2.45, 2.75) is 122 Å². The molecule has 1 amide bonds. The summed E-state index contributed by atoms with van der Waals surface area (Å²) in [5.41, 5.74) is 0. The molecular weight excluding hydrogens is 635 g/mol. The van der Waals surface area contributed by atoms with Crippen LogP contribution in [0.5, 0.6) is 0 Å². The van der Waals surface area contributed by atoms with Crippen LogP contribution in [0.1, 0.15) is 110 Å². The molecular formula is C40H69N2O6P. The zero-order chi connectivity index (χ0) is 36.5. The summed E-state index contributed by atoms with van der Waals surface area (Å²) < 4.78 is 23.0. The van der Waals surface area contributed by atoms with E-state index < -0.39 is 26.6 Å². The molecule has 0 aliphatic heterocycles. The Morgan fingerprint density at radius 1 is 0.735 bits per heavy atom. The highest BCUT2D eigenvalue weighted by atomic mass is 31.2. The van der Waals surface area contributed by atoms with Gasteiger partial charge >= 0.3 is 0 Å². The molecule has 2 N–H and O–H groups in total. The average molecular weight is 705 g/mol. The first-order chi connectivity index (χ1) is 23.5. The van der Waals surface area contributed by atoms with Gasteiger partial charge in [-0.3, -0.25) is 9.36 Å². The van der Waals surface area contributed by atoms with Crippen molar-refractivity contribution in [2.75, 3.05) is 40.9 Å². The number of phosphoric ester groups is 1. The molecule has 9 heteroatoms. The number of nitrogens with one attached hydrogen (secondary N) is 1. The number of phosphoric acid groups is 1. The number of allylic oxidation sites excluding steroid dienone is 13. The van der Waals surface area contributed by atoms with Crippen LogP contribution in [0.15, 0.2) is 85.1 Å². The summed E-state index contributed by atoms with van der Waals surface area (Å²) in [6.07, 6.45) is 42.2. The third-order valence-corrected chi connectivity index (χ3v) is 8.29. The molecule has 0 aromatic heterocycles. The minimum absolute atomic E-state index is 0.0263. The zero-order valence-corrected chi connectivity index (χ0v) is 32.2. The fourth-order valence-corrected chi connectivity index (χ4v) is 5.09. The van der Waals surface area contributed by atoms with E-state index in [-0.39, 0.29) is 18.9 Å². The van der Waals surface area contributed by atoms with Gasteiger partial charge in [-0.25, -0.2) is 0 Å². The lowest BCUT2D eigenvalue weighted by Gasteiger charge is -2.29. The van der Waals surface area contributed by atoms with Gasteiger partial charge in [-0.15, -0.1) is 0 Å². The number of hydrogen-bond acceptors (Lipinski definition) is 6. The molecule has 280 valence electrons. The van der Waals surface area contributed by atoms with Gasteiger partial charge in [-0.1, -0.05) is 118 Å². The van der Waals surface area contributed by atoms with E-state index in [0.29, 0.717) is 23.9 Å². The number of rotatable bonds is 31. The van der Waals surface area contributed by atoms with E-state index in [1.807, 2.05) is 39.4 Å². The Hall–Kier alpha value is -2.32. The van der Waals surface area contributed by atoms with Crippen molar-refractivity contribution in [3.8, 4) is 0 Å². The monoisotopic (exact) mass is 704 g/mol. The Bertz CT molecular complexity index is 1070. The Labute approximate surface area is 299 Å². The molecule has 0 rings (SSSR count). The van der Waals surface area contributed by atoms with Crippen molar-refractivity contribution in [1.82, 2.24) is 5.32 Å². The van der Waals surface area contributed by atoms with Crippen molar-refractivity contribution in [2.24, 2.45) is 0 Å². The van der Waals surface area contributed by atoms with Crippen LogP contribution in [-0.2, 0) is 18.4 Å². The molecule has 0 aromatic carbocycles. The van der Waals surface area contributed by atoms with E-state index in [2.05, 4.69) is 79.9 Å². The Morgan fingerprint density at radius 2 is 1.27 bits per heavy atom. The smallest absolute Gasteiger partial charge is 0.268 e. The zero-order valence-electron chi connectivity index (χ0n) is 31.3. The largest absolute Gasteiger partial charge is 0.756 e. The van der Waals surface area contributed by atoms with Crippen LogP contribution in [-0.4, -0.2) is 68.5 Å². The molecule has 0 fully saturated rings. The van der Waals surface area contributed by atoms with Gasteiger partial charge in [0.1, 0.15) is 13.2 Å². The average Bonchev–Trinajstić information content (AvgIpc) is 3.04. The van der Waals surface area contributed by atoms with Gasteiger partial charge < -0.3 is 28.8 Å². The topological polar surface area (TPSA) is 108 Å². The molecule has 0 aromatic rings.